The quantitative estimate of drug-likeness (QED) is 0.800. The summed E-state index contributed by atoms with van der Waals surface area (Å²) in [5.74, 6) is 0. The van der Waals surface area contributed by atoms with Crippen molar-refractivity contribution in [3.63, 3.8) is 0 Å². The number of thiophene rings is 2. The molecule has 0 amide bonds. The Bertz CT molecular complexity index is 487. The molecule has 0 spiro atoms. The molecule has 0 aliphatic heterocycles. The number of hydrogen-bond acceptors (Lipinski definition) is 3. The number of nitrogens with one attached hydrogen (secondary N) is 1. The van der Waals surface area contributed by atoms with Gasteiger partial charge in [0.1, 0.15) is 0 Å². The second kappa shape index (κ2) is 5.16. The van der Waals surface area contributed by atoms with Gasteiger partial charge in [0.2, 0.25) is 0 Å². The second-order valence-electron chi connectivity index (χ2n) is 3.81. The van der Waals surface area contributed by atoms with E-state index in [9.17, 15) is 0 Å². The molecule has 0 aliphatic carbocycles. The van der Waals surface area contributed by atoms with Crippen LogP contribution in [0.25, 0.3) is 0 Å². The first-order valence-corrected chi connectivity index (χ1v) is 7.87. The van der Waals surface area contributed by atoms with Crippen molar-refractivity contribution in [3.05, 3.63) is 41.3 Å². The normalized spacial score (nSPS) is 13.0. The van der Waals surface area contributed by atoms with Crippen LogP contribution in [0.2, 0.25) is 0 Å². The van der Waals surface area contributed by atoms with Crippen molar-refractivity contribution in [1.29, 1.82) is 0 Å². The van der Waals surface area contributed by atoms with E-state index in [2.05, 4.69) is 59.3 Å². The molecule has 1 N–H and O–H groups in total. The molecule has 2 aromatic heterocycles. The van der Waals surface area contributed by atoms with Crippen LogP contribution in [-0.4, -0.2) is 7.05 Å². The van der Waals surface area contributed by atoms with Crippen molar-refractivity contribution in [1.82, 2.24) is 5.32 Å². The number of rotatable bonds is 3. The molecular formula is C12H14INS2. The molecule has 0 aromatic carbocycles. The number of aryl methyl sites for hydroxylation is 2. The molecule has 0 bridgehead atoms. The third-order valence-electron chi connectivity index (χ3n) is 2.55. The lowest BCUT2D eigenvalue weighted by molar-refractivity contribution is 0.702. The van der Waals surface area contributed by atoms with Gasteiger partial charge in [-0.25, -0.2) is 0 Å². The van der Waals surface area contributed by atoms with Crippen LogP contribution in [0.3, 0.4) is 0 Å². The summed E-state index contributed by atoms with van der Waals surface area (Å²) in [6.07, 6.45) is 0. The molecule has 1 unspecified atom stereocenters. The lowest BCUT2D eigenvalue weighted by Gasteiger charge is -2.14. The molecule has 0 saturated carbocycles. The van der Waals surface area contributed by atoms with E-state index < -0.39 is 0 Å². The predicted molar refractivity (Wildman–Crippen MR) is 81.7 cm³/mol. The van der Waals surface area contributed by atoms with Crippen LogP contribution in [0.4, 0.5) is 0 Å². The van der Waals surface area contributed by atoms with E-state index in [1.165, 1.54) is 23.8 Å². The van der Waals surface area contributed by atoms with Crippen LogP contribution in [0.15, 0.2) is 17.5 Å². The van der Waals surface area contributed by atoms with Gasteiger partial charge in [0.25, 0.3) is 0 Å². The minimum Gasteiger partial charge on any atom is -0.309 e. The summed E-state index contributed by atoms with van der Waals surface area (Å²) in [4.78, 5) is 2.83. The second-order valence-corrected chi connectivity index (χ2v) is 7.90. The van der Waals surface area contributed by atoms with Gasteiger partial charge in [0, 0.05) is 9.75 Å². The zero-order valence-corrected chi connectivity index (χ0v) is 13.3. The van der Waals surface area contributed by atoms with Crippen LogP contribution in [0.5, 0.6) is 0 Å². The van der Waals surface area contributed by atoms with Crippen molar-refractivity contribution >= 4 is 45.3 Å². The van der Waals surface area contributed by atoms with Gasteiger partial charge in [-0.3, -0.25) is 0 Å². The van der Waals surface area contributed by atoms with Gasteiger partial charge in [-0.2, -0.15) is 0 Å². The maximum absolute atomic E-state index is 3.42. The van der Waals surface area contributed by atoms with Crippen LogP contribution in [0, 0.1) is 16.7 Å². The van der Waals surface area contributed by atoms with Crippen molar-refractivity contribution in [2.24, 2.45) is 0 Å². The lowest BCUT2D eigenvalue weighted by Crippen LogP contribution is -2.16. The maximum atomic E-state index is 3.42. The summed E-state index contributed by atoms with van der Waals surface area (Å²) in [5, 5.41) is 5.66. The molecule has 0 saturated heterocycles. The highest BCUT2D eigenvalue weighted by atomic mass is 127. The highest BCUT2D eigenvalue weighted by Gasteiger charge is 2.17. The fourth-order valence-corrected chi connectivity index (χ4v) is 4.44. The van der Waals surface area contributed by atoms with Gasteiger partial charge in [0.05, 0.1) is 8.93 Å². The first kappa shape index (κ1) is 12.5. The molecule has 0 fully saturated rings. The third kappa shape index (κ3) is 2.50. The van der Waals surface area contributed by atoms with Crippen LogP contribution in [0.1, 0.15) is 26.9 Å². The minimum atomic E-state index is 0.346. The fourth-order valence-electron chi connectivity index (χ4n) is 1.87. The van der Waals surface area contributed by atoms with Gasteiger partial charge < -0.3 is 5.32 Å². The van der Waals surface area contributed by atoms with Crippen LogP contribution >= 0.6 is 45.3 Å². The summed E-state index contributed by atoms with van der Waals surface area (Å²) >= 11 is 6.08. The Morgan fingerprint density at radius 3 is 2.50 bits per heavy atom. The van der Waals surface area contributed by atoms with E-state index in [1.54, 1.807) is 11.3 Å². The van der Waals surface area contributed by atoms with Crippen LogP contribution in [-0.2, 0) is 0 Å². The van der Waals surface area contributed by atoms with Crippen molar-refractivity contribution in [2.45, 2.75) is 19.9 Å². The molecule has 4 heteroatoms. The summed E-state index contributed by atoms with van der Waals surface area (Å²) in [5.41, 5.74) is 2.77. The van der Waals surface area contributed by atoms with E-state index in [1.807, 2.05) is 18.4 Å². The molecule has 1 atom stereocenters. The lowest BCUT2D eigenvalue weighted by atomic mass is 10.1. The summed E-state index contributed by atoms with van der Waals surface area (Å²) in [6.45, 7) is 4.37. The van der Waals surface area contributed by atoms with Gasteiger partial charge in [-0.15, -0.1) is 22.7 Å². The Hall–Kier alpha value is 0.0900. The van der Waals surface area contributed by atoms with Gasteiger partial charge in [-0.1, -0.05) is 0 Å². The first-order chi connectivity index (χ1) is 7.61. The van der Waals surface area contributed by atoms with Crippen molar-refractivity contribution in [2.75, 3.05) is 7.05 Å². The average Bonchev–Trinajstić information content (AvgIpc) is 2.76. The van der Waals surface area contributed by atoms with Crippen molar-refractivity contribution < 1.29 is 0 Å². The molecule has 2 aromatic rings. The number of hydrogen-bond donors (Lipinski definition) is 1. The zero-order valence-electron chi connectivity index (χ0n) is 9.50. The van der Waals surface area contributed by atoms with E-state index >= 15 is 0 Å². The summed E-state index contributed by atoms with van der Waals surface area (Å²) < 4.78 is 1.35. The minimum absolute atomic E-state index is 0.346. The molecule has 86 valence electrons. The Morgan fingerprint density at radius 2 is 2.06 bits per heavy atom. The first-order valence-electron chi connectivity index (χ1n) is 5.10. The summed E-state index contributed by atoms with van der Waals surface area (Å²) in [6, 6.07) is 4.88. The Kier molecular flexibility index (Phi) is 4.05. The number of halogens is 1. The predicted octanol–water partition coefficient (Wildman–Crippen LogP) is 4.34. The monoisotopic (exact) mass is 363 g/mol. The largest absolute Gasteiger partial charge is 0.309 e. The van der Waals surface area contributed by atoms with Crippen LogP contribution < -0.4 is 5.32 Å². The average molecular weight is 363 g/mol. The van der Waals surface area contributed by atoms with E-state index in [0.717, 1.165) is 0 Å². The Morgan fingerprint density at radius 1 is 1.31 bits per heavy atom. The Balaban J connectivity index is 2.40. The SMILES string of the molecule is CNC(c1csc(I)c1)c1sc(C)cc1C. The van der Waals surface area contributed by atoms with Gasteiger partial charge in [-0.05, 0) is 72.1 Å². The van der Waals surface area contributed by atoms with Gasteiger partial charge in [0.15, 0.2) is 0 Å². The van der Waals surface area contributed by atoms with E-state index in [-0.39, 0.29) is 0 Å². The smallest absolute Gasteiger partial charge is 0.0679 e. The van der Waals surface area contributed by atoms with Gasteiger partial charge >= 0.3 is 0 Å². The highest BCUT2D eigenvalue weighted by Crippen LogP contribution is 2.33. The standard InChI is InChI=1S/C12H14INS2/c1-7-4-8(2)16-12(7)11(14-3)9-5-10(13)15-6-9/h4-6,11,14H,1-3H3. The van der Waals surface area contributed by atoms with Crippen molar-refractivity contribution in [3.8, 4) is 0 Å². The fraction of sp³-hybridized carbons (Fsp3) is 0.333. The summed E-state index contributed by atoms with van der Waals surface area (Å²) in [7, 11) is 2.03. The Labute approximate surface area is 118 Å². The molecule has 2 heterocycles. The molecule has 0 aliphatic rings. The molecule has 16 heavy (non-hydrogen) atoms. The van der Waals surface area contributed by atoms with E-state index in [0.29, 0.717) is 6.04 Å². The molecule has 1 nitrogen and oxygen atoms in total. The molecular weight excluding hydrogens is 349 g/mol. The maximum Gasteiger partial charge on any atom is 0.0679 e. The third-order valence-corrected chi connectivity index (χ3v) is 5.58. The highest BCUT2D eigenvalue weighted by molar-refractivity contribution is 14.1. The topological polar surface area (TPSA) is 12.0 Å². The van der Waals surface area contributed by atoms with E-state index in [4.69, 9.17) is 0 Å². The molecule has 0 radical (unpaired) electrons. The zero-order chi connectivity index (χ0) is 11.7. The molecule has 2 rings (SSSR count).